The van der Waals surface area contributed by atoms with Crippen LogP contribution in [-0.2, 0) is 0 Å². The first-order valence-corrected chi connectivity index (χ1v) is 5.95. The Kier molecular flexibility index (Phi) is 4.77. The van der Waals surface area contributed by atoms with Gasteiger partial charge in [0.05, 0.1) is 0 Å². The van der Waals surface area contributed by atoms with Crippen LogP contribution in [0.4, 0.5) is 5.69 Å². The second kappa shape index (κ2) is 5.87. The van der Waals surface area contributed by atoms with E-state index in [0.29, 0.717) is 6.54 Å². The van der Waals surface area contributed by atoms with Gasteiger partial charge in [-0.3, -0.25) is 0 Å². The lowest BCUT2D eigenvalue weighted by Gasteiger charge is -2.23. The van der Waals surface area contributed by atoms with Gasteiger partial charge in [-0.25, -0.2) is 0 Å². The highest BCUT2D eigenvalue weighted by Gasteiger charge is 2.09. The van der Waals surface area contributed by atoms with E-state index in [-0.39, 0.29) is 6.04 Å². The van der Waals surface area contributed by atoms with Crippen molar-refractivity contribution < 1.29 is 0 Å². The molecule has 16 heavy (non-hydrogen) atoms. The Hall–Kier alpha value is -1.06. The predicted octanol–water partition coefficient (Wildman–Crippen LogP) is 1.80. The second-order valence-corrected chi connectivity index (χ2v) is 4.06. The van der Waals surface area contributed by atoms with Crippen LogP contribution in [0.15, 0.2) is 18.2 Å². The van der Waals surface area contributed by atoms with Crippen molar-refractivity contribution in [1.82, 2.24) is 0 Å². The number of rotatable bonds is 5. The summed E-state index contributed by atoms with van der Waals surface area (Å²) in [5, 5.41) is 0. The minimum atomic E-state index is -0.0502. The van der Waals surface area contributed by atoms with Crippen LogP contribution in [0.3, 0.4) is 0 Å². The van der Waals surface area contributed by atoms with Crippen LogP contribution in [0.25, 0.3) is 0 Å². The largest absolute Gasteiger partial charge is 0.372 e. The normalized spacial score (nSPS) is 12.6. The van der Waals surface area contributed by atoms with Gasteiger partial charge in [-0.1, -0.05) is 6.07 Å². The molecule has 0 aliphatic rings. The van der Waals surface area contributed by atoms with Crippen LogP contribution < -0.4 is 16.4 Å². The van der Waals surface area contributed by atoms with Crippen molar-refractivity contribution in [3.63, 3.8) is 0 Å². The average molecular weight is 221 g/mol. The van der Waals surface area contributed by atoms with Gasteiger partial charge in [0.1, 0.15) is 0 Å². The van der Waals surface area contributed by atoms with Crippen molar-refractivity contribution >= 4 is 5.69 Å². The number of benzene rings is 1. The monoisotopic (exact) mass is 221 g/mol. The van der Waals surface area contributed by atoms with Gasteiger partial charge in [-0.05, 0) is 44.0 Å². The van der Waals surface area contributed by atoms with Gasteiger partial charge in [-0.15, -0.1) is 0 Å². The van der Waals surface area contributed by atoms with Crippen LogP contribution in [0.1, 0.15) is 31.0 Å². The topological polar surface area (TPSA) is 55.3 Å². The van der Waals surface area contributed by atoms with E-state index in [4.69, 9.17) is 11.5 Å². The molecule has 0 aliphatic heterocycles. The summed E-state index contributed by atoms with van der Waals surface area (Å²) in [6.45, 7) is 8.97. The molecular formula is C13H23N3. The third-order valence-corrected chi connectivity index (χ3v) is 3.04. The Morgan fingerprint density at radius 1 is 1.25 bits per heavy atom. The van der Waals surface area contributed by atoms with Gasteiger partial charge in [0, 0.05) is 31.4 Å². The van der Waals surface area contributed by atoms with E-state index < -0.39 is 0 Å². The van der Waals surface area contributed by atoms with Crippen molar-refractivity contribution in [1.29, 1.82) is 0 Å². The zero-order chi connectivity index (χ0) is 12.1. The Morgan fingerprint density at radius 2 is 1.88 bits per heavy atom. The van der Waals surface area contributed by atoms with Gasteiger partial charge >= 0.3 is 0 Å². The Labute approximate surface area is 98.4 Å². The first-order chi connectivity index (χ1) is 7.63. The SMILES string of the molecule is CCN(CC)c1ccc([C@H](N)CN)c(C)c1. The highest BCUT2D eigenvalue weighted by molar-refractivity contribution is 5.51. The lowest BCUT2D eigenvalue weighted by Crippen LogP contribution is -2.24. The zero-order valence-corrected chi connectivity index (χ0v) is 10.5. The zero-order valence-electron chi connectivity index (χ0n) is 10.5. The molecule has 1 atom stereocenters. The molecule has 1 rings (SSSR count). The maximum atomic E-state index is 5.95. The molecule has 0 aliphatic carbocycles. The smallest absolute Gasteiger partial charge is 0.0422 e. The molecule has 0 saturated heterocycles. The Bertz CT molecular complexity index is 332. The standard InChI is InChI=1S/C13H23N3/c1-4-16(5-2)11-6-7-12(10(3)8-11)13(15)9-14/h6-8,13H,4-5,9,14-15H2,1-3H3/t13-/m1/s1. The van der Waals surface area contributed by atoms with E-state index in [2.05, 4.69) is 43.9 Å². The fourth-order valence-electron chi connectivity index (χ4n) is 1.99. The molecular weight excluding hydrogens is 198 g/mol. The average Bonchev–Trinajstić information content (AvgIpc) is 2.30. The fourth-order valence-corrected chi connectivity index (χ4v) is 1.99. The van der Waals surface area contributed by atoms with Gasteiger partial charge in [-0.2, -0.15) is 0 Å². The van der Waals surface area contributed by atoms with Gasteiger partial charge in [0.2, 0.25) is 0 Å². The van der Waals surface area contributed by atoms with Crippen molar-refractivity contribution in [2.45, 2.75) is 26.8 Å². The summed E-state index contributed by atoms with van der Waals surface area (Å²) in [6, 6.07) is 6.37. The van der Waals surface area contributed by atoms with Crippen molar-refractivity contribution in [2.24, 2.45) is 11.5 Å². The van der Waals surface area contributed by atoms with E-state index in [1.807, 2.05) is 0 Å². The molecule has 0 heterocycles. The van der Waals surface area contributed by atoms with Gasteiger partial charge < -0.3 is 16.4 Å². The molecule has 0 radical (unpaired) electrons. The molecule has 90 valence electrons. The first kappa shape index (κ1) is 13.0. The summed E-state index contributed by atoms with van der Waals surface area (Å²) in [4.78, 5) is 2.32. The number of hydrogen-bond acceptors (Lipinski definition) is 3. The highest BCUT2D eigenvalue weighted by Crippen LogP contribution is 2.22. The molecule has 0 unspecified atom stereocenters. The highest BCUT2D eigenvalue weighted by atomic mass is 15.1. The number of aryl methyl sites for hydroxylation is 1. The molecule has 0 aromatic heterocycles. The Morgan fingerprint density at radius 3 is 2.31 bits per heavy atom. The van der Waals surface area contributed by atoms with Gasteiger partial charge in [0.15, 0.2) is 0 Å². The molecule has 0 saturated carbocycles. The van der Waals surface area contributed by atoms with Crippen molar-refractivity contribution in [2.75, 3.05) is 24.5 Å². The van der Waals surface area contributed by atoms with Crippen LogP contribution in [0.5, 0.6) is 0 Å². The van der Waals surface area contributed by atoms with Crippen LogP contribution in [-0.4, -0.2) is 19.6 Å². The summed E-state index contributed by atoms with van der Waals surface area (Å²) in [6.07, 6.45) is 0. The lowest BCUT2D eigenvalue weighted by atomic mass is 10.0. The van der Waals surface area contributed by atoms with Crippen molar-refractivity contribution in [3.05, 3.63) is 29.3 Å². The van der Waals surface area contributed by atoms with E-state index in [9.17, 15) is 0 Å². The summed E-state index contributed by atoms with van der Waals surface area (Å²) in [5.41, 5.74) is 15.2. The van der Waals surface area contributed by atoms with Crippen molar-refractivity contribution in [3.8, 4) is 0 Å². The van der Waals surface area contributed by atoms with Crippen LogP contribution >= 0.6 is 0 Å². The van der Waals surface area contributed by atoms with E-state index in [0.717, 1.165) is 18.7 Å². The molecule has 4 N–H and O–H groups in total. The van der Waals surface area contributed by atoms with Crippen LogP contribution in [0, 0.1) is 6.92 Å². The minimum Gasteiger partial charge on any atom is -0.372 e. The Balaban J connectivity index is 2.98. The first-order valence-electron chi connectivity index (χ1n) is 5.95. The lowest BCUT2D eigenvalue weighted by molar-refractivity contribution is 0.731. The number of anilines is 1. The molecule has 3 heteroatoms. The number of nitrogens with two attached hydrogens (primary N) is 2. The van der Waals surface area contributed by atoms with Crippen LogP contribution in [0.2, 0.25) is 0 Å². The molecule has 1 aromatic rings. The molecule has 0 bridgehead atoms. The molecule has 3 nitrogen and oxygen atoms in total. The third-order valence-electron chi connectivity index (χ3n) is 3.04. The van der Waals surface area contributed by atoms with Gasteiger partial charge in [0.25, 0.3) is 0 Å². The summed E-state index contributed by atoms with van der Waals surface area (Å²) in [7, 11) is 0. The summed E-state index contributed by atoms with van der Waals surface area (Å²) in [5.74, 6) is 0. The maximum absolute atomic E-state index is 5.95. The fraction of sp³-hybridized carbons (Fsp3) is 0.538. The molecule has 0 amide bonds. The molecule has 0 spiro atoms. The molecule has 0 fully saturated rings. The second-order valence-electron chi connectivity index (χ2n) is 4.06. The minimum absolute atomic E-state index is 0.0502. The number of nitrogens with zero attached hydrogens (tertiary/aromatic N) is 1. The van der Waals surface area contributed by atoms with E-state index >= 15 is 0 Å². The number of hydrogen-bond donors (Lipinski definition) is 2. The predicted molar refractivity (Wildman–Crippen MR) is 70.7 cm³/mol. The van der Waals surface area contributed by atoms with E-state index in [1.165, 1.54) is 11.3 Å². The summed E-state index contributed by atoms with van der Waals surface area (Å²) < 4.78 is 0. The quantitative estimate of drug-likeness (QED) is 0.797. The third kappa shape index (κ3) is 2.74. The van der Waals surface area contributed by atoms with E-state index in [1.54, 1.807) is 0 Å². The molecule has 1 aromatic carbocycles. The maximum Gasteiger partial charge on any atom is 0.0422 e. The summed E-state index contributed by atoms with van der Waals surface area (Å²) >= 11 is 0.